The van der Waals surface area contributed by atoms with Crippen molar-refractivity contribution in [3.05, 3.63) is 76.3 Å². The van der Waals surface area contributed by atoms with Crippen molar-refractivity contribution in [2.75, 3.05) is 41.8 Å². The van der Waals surface area contributed by atoms with Crippen LogP contribution in [0.5, 0.6) is 28.7 Å². The number of hydrogen-bond acceptors (Lipinski definition) is 11. The number of benzene rings is 3. The number of carbonyl (C=O) groups excluding carboxylic acids is 3. The zero-order valence-corrected chi connectivity index (χ0v) is 24.4. The van der Waals surface area contributed by atoms with E-state index in [2.05, 4.69) is 0 Å². The molecule has 3 aromatic rings. The maximum absolute atomic E-state index is 13.7. The molecule has 43 heavy (non-hydrogen) atoms. The van der Waals surface area contributed by atoms with Crippen molar-refractivity contribution in [3.63, 3.8) is 0 Å². The van der Waals surface area contributed by atoms with E-state index in [1.54, 1.807) is 36.4 Å². The summed E-state index contributed by atoms with van der Waals surface area (Å²) in [6, 6.07) is 13.0. The van der Waals surface area contributed by atoms with Crippen LogP contribution in [0.25, 0.3) is 0 Å². The van der Waals surface area contributed by atoms with Crippen LogP contribution >= 0.6 is 11.6 Å². The molecule has 6 rings (SSSR count). The molecule has 1 aliphatic carbocycles. The summed E-state index contributed by atoms with van der Waals surface area (Å²) in [5, 5.41) is 0. The summed E-state index contributed by atoms with van der Waals surface area (Å²) in [6.45, 7) is -0.144. The highest BCUT2D eigenvalue weighted by Gasteiger charge is 2.64. The van der Waals surface area contributed by atoms with E-state index >= 15 is 0 Å². The molecule has 4 atom stereocenters. The first kappa shape index (κ1) is 28.5. The molecule has 12 heteroatoms. The second-order valence-electron chi connectivity index (χ2n) is 10.1. The zero-order valence-electron chi connectivity index (χ0n) is 23.6. The lowest BCUT2D eigenvalue weighted by Crippen LogP contribution is -2.48. The number of carbonyl (C=O) groups is 3. The predicted octanol–water partition coefficient (Wildman–Crippen LogP) is 4.42. The van der Waals surface area contributed by atoms with E-state index in [0.717, 1.165) is 0 Å². The lowest BCUT2D eigenvalue weighted by atomic mass is 9.65. The van der Waals surface area contributed by atoms with Crippen molar-refractivity contribution in [2.24, 2.45) is 5.92 Å². The third-order valence-corrected chi connectivity index (χ3v) is 8.69. The van der Waals surface area contributed by atoms with Gasteiger partial charge in [-0.2, -0.15) is 0 Å². The molecule has 224 valence electrons. The molecular formula is C31H27ClO11. The van der Waals surface area contributed by atoms with E-state index in [4.69, 9.17) is 49.5 Å². The van der Waals surface area contributed by atoms with Gasteiger partial charge in [-0.1, -0.05) is 12.1 Å². The van der Waals surface area contributed by atoms with E-state index in [1.165, 1.54) is 40.6 Å². The topological polar surface area (TPSA) is 125 Å². The number of cyclic esters (lactones) is 1. The highest BCUT2D eigenvalue weighted by atomic mass is 35.5. The Morgan fingerprint density at radius 2 is 1.44 bits per heavy atom. The molecule has 0 radical (unpaired) electrons. The minimum Gasteiger partial charge on any atom is -0.493 e. The predicted molar refractivity (Wildman–Crippen MR) is 149 cm³/mol. The van der Waals surface area contributed by atoms with Gasteiger partial charge in [0.15, 0.2) is 27.9 Å². The van der Waals surface area contributed by atoms with Crippen LogP contribution in [0, 0.1) is 5.92 Å². The van der Waals surface area contributed by atoms with Gasteiger partial charge in [0.1, 0.15) is 12.7 Å². The zero-order chi connectivity index (χ0) is 30.5. The first-order valence-electron chi connectivity index (χ1n) is 13.2. The second-order valence-corrected chi connectivity index (χ2v) is 10.7. The fourth-order valence-corrected chi connectivity index (χ4v) is 6.54. The molecule has 2 heterocycles. The SMILES string of the molecule is COC(=O)c1ccccc1C(=O)O[C@H]1c2cc3c(cc2[C@@H](c2cc(OC)c(OC)c(OC)c2)[C@@]2(Cl)C(=O)OC[C@H]12)OCO3. The number of rotatable bonds is 7. The smallest absolute Gasteiger partial charge is 0.339 e. The van der Waals surface area contributed by atoms with E-state index in [-0.39, 0.29) is 24.5 Å². The van der Waals surface area contributed by atoms with Gasteiger partial charge in [-0.3, -0.25) is 4.79 Å². The van der Waals surface area contributed by atoms with Gasteiger partial charge in [0.05, 0.1) is 45.5 Å². The summed E-state index contributed by atoms with van der Waals surface area (Å²) in [5.74, 6) is -1.91. The van der Waals surface area contributed by atoms with Crippen LogP contribution in [0.2, 0.25) is 0 Å². The average Bonchev–Trinajstić information content (AvgIpc) is 3.61. The normalized spacial score (nSPS) is 23.0. The lowest BCUT2D eigenvalue weighted by Gasteiger charge is -2.43. The van der Waals surface area contributed by atoms with Crippen LogP contribution < -0.4 is 23.7 Å². The number of halogens is 1. The molecule has 0 unspecified atom stereocenters. The van der Waals surface area contributed by atoms with Crippen molar-refractivity contribution in [1.82, 2.24) is 0 Å². The quantitative estimate of drug-likeness (QED) is 0.214. The molecule has 0 N–H and O–H groups in total. The van der Waals surface area contributed by atoms with Crippen molar-refractivity contribution >= 4 is 29.5 Å². The molecule has 2 aliphatic heterocycles. The van der Waals surface area contributed by atoms with Gasteiger partial charge in [-0.05, 0) is 47.5 Å². The Labute approximate surface area is 251 Å². The maximum atomic E-state index is 13.7. The standard InChI is InChI=1S/C31H27ClO11/c1-36-23-9-15(10-24(37-2)27(23)38-3)25-18-11-21-22(42-14-41-21)12-19(18)26(20-13-40-30(35)31(20,25)32)43-29(34)17-8-6-5-7-16(17)28(33)39-4/h5-12,20,25-26H,13-14H2,1-4H3/t20-,25-,26+,31-/m1/s1. The minimum absolute atomic E-state index is 0.00573. The number of methoxy groups -OCH3 is 4. The summed E-state index contributed by atoms with van der Waals surface area (Å²) < 4.78 is 44.5. The van der Waals surface area contributed by atoms with Crippen molar-refractivity contribution in [1.29, 1.82) is 0 Å². The van der Waals surface area contributed by atoms with E-state index in [1.807, 2.05) is 0 Å². The van der Waals surface area contributed by atoms with Crippen LogP contribution in [0.4, 0.5) is 0 Å². The molecule has 0 aromatic heterocycles. The molecule has 0 spiro atoms. The largest absolute Gasteiger partial charge is 0.493 e. The Kier molecular flexibility index (Phi) is 7.21. The maximum Gasteiger partial charge on any atom is 0.339 e. The number of ether oxygens (including phenoxy) is 8. The Bertz CT molecular complexity index is 1610. The monoisotopic (exact) mass is 610 g/mol. The number of hydrogen-bond donors (Lipinski definition) is 0. The summed E-state index contributed by atoms with van der Waals surface area (Å²) in [7, 11) is 5.68. The van der Waals surface area contributed by atoms with Crippen LogP contribution in [0.1, 0.15) is 49.4 Å². The lowest BCUT2D eigenvalue weighted by molar-refractivity contribution is -0.140. The molecule has 0 saturated carbocycles. The summed E-state index contributed by atoms with van der Waals surface area (Å²) >= 11 is 7.37. The molecule has 11 nitrogen and oxygen atoms in total. The van der Waals surface area contributed by atoms with Gasteiger partial charge >= 0.3 is 17.9 Å². The molecule has 0 bridgehead atoms. The number of alkyl halides is 1. The molecular weight excluding hydrogens is 584 g/mol. The Morgan fingerprint density at radius 1 is 0.837 bits per heavy atom. The summed E-state index contributed by atoms with van der Waals surface area (Å²) in [5.41, 5.74) is 1.67. The molecule has 3 aliphatic rings. The molecule has 1 fully saturated rings. The van der Waals surface area contributed by atoms with Gasteiger partial charge in [-0.25, -0.2) is 9.59 Å². The Balaban J connectivity index is 1.54. The summed E-state index contributed by atoms with van der Waals surface area (Å²) in [4.78, 5) is 37.9. The van der Waals surface area contributed by atoms with Gasteiger partial charge in [0.2, 0.25) is 12.5 Å². The van der Waals surface area contributed by atoms with Crippen LogP contribution in [-0.2, 0) is 19.0 Å². The van der Waals surface area contributed by atoms with E-state index < -0.39 is 40.7 Å². The molecule has 3 aromatic carbocycles. The third-order valence-electron chi connectivity index (χ3n) is 8.03. The first-order valence-corrected chi connectivity index (χ1v) is 13.6. The van der Waals surface area contributed by atoms with Crippen molar-refractivity contribution in [3.8, 4) is 28.7 Å². The Hall–Kier alpha value is -4.64. The Morgan fingerprint density at radius 3 is 2.02 bits per heavy atom. The summed E-state index contributed by atoms with van der Waals surface area (Å²) in [6.07, 6.45) is -1.06. The minimum atomic E-state index is -1.72. The van der Waals surface area contributed by atoms with Crippen LogP contribution in [0.15, 0.2) is 48.5 Å². The highest BCUT2D eigenvalue weighted by molar-refractivity contribution is 6.36. The second kappa shape index (κ2) is 10.9. The van der Waals surface area contributed by atoms with Crippen molar-refractivity contribution in [2.45, 2.75) is 16.9 Å². The molecule has 1 saturated heterocycles. The third kappa shape index (κ3) is 4.37. The van der Waals surface area contributed by atoms with Crippen molar-refractivity contribution < 1.29 is 52.3 Å². The van der Waals surface area contributed by atoms with Gasteiger partial charge < -0.3 is 37.9 Å². The first-order chi connectivity index (χ1) is 20.8. The number of esters is 3. The van der Waals surface area contributed by atoms with Gasteiger partial charge in [0.25, 0.3) is 0 Å². The fraction of sp³-hybridized carbons (Fsp3) is 0.323. The van der Waals surface area contributed by atoms with Crippen LogP contribution in [-0.4, -0.2) is 64.6 Å². The average molecular weight is 611 g/mol. The highest BCUT2D eigenvalue weighted by Crippen LogP contribution is 2.61. The van der Waals surface area contributed by atoms with E-state index in [0.29, 0.717) is 45.4 Å². The fourth-order valence-electron chi connectivity index (χ4n) is 6.06. The van der Waals surface area contributed by atoms with Gasteiger partial charge in [0, 0.05) is 11.5 Å². The van der Waals surface area contributed by atoms with Gasteiger partial charge in [-0.15, -0.1) is 11.6 Å². The van der Waals surface area contributed by atoms with E-state index in [9.17, 15) is 14.4 Å². The number of fused-ring (bicyclic) bond motifs is 3. The molecule has 0 amide bonds. The van der Waals surface area contributed by atoms with Crippen LogP contribution in [0.3, 0.4) is 0 Å².